The van der Waals surface area contributed by atoms with Gasteiger partial charge in [-0.05, 0) is 43.7 Å². The Hall–Kier alpha value is -3.28. The summed E-state index contributed by atoms with van der Waals surface area (Å²) in [5.41, 5.74) is 3.45. The molecule has 6 heteroatoms. The van der Waals surface area contributed by atoms with Gasteiger partial charge < -0.3 is 19.4 Å². The van der Waals surface area contributed by atoms with E-state index in [0.29, 0.717) is 24.6 Å². The van der Waals surface area contributed by atoms with Crippen molar-refractivity contribution in [2.45, 2.75) is 19.8 Å². The summed E-state index contributed by atoms with van der Waals surface area (Å²) in [7, 11) is 0. The number of carbonyl (C=O) groups is 2. The van der Waals surface area contributed by atoms with E-state index in [1.165, 1.54) is 0 Å². The summed E-state index contributed by atoms with van der Waals surface area (Å²) >= 11 is 0. The maximum Gasteiger partial charge on any atom is 0.354 e. The van der Waals surface area contributed by atoms with Crippen molar-refractivity contribution in [2.24, 2.45) is 0 Å². The van der Waals surface area contributed by atoms with E-state index in [9.17, 15) is 9.59 Å². The van der Waals surface area contributed by atoms with Crippen molar-refractivity contribution >= 4 is 11.9 Å². The highest BCUT2D eigenvalue weighted by Crippen LogP contribution is 2.31. The second-order valence-electron chi connectivity index (χ2n) is 5.94. The van der Waals surface area contributed by atoms with Crippen molar-refractivity contribution in [3.8, 4) is 0 Å². The zero-order valence-electron chi connectivity index (χ0n) is 15.3. The first-order valence-corrected chi connectivity index (χ1v) is 8.91. The predicted octanol–water partition coefficient (Wildman–Crippen LogP) is 3.88. The predicted molar refractivity (Wildman–Crippen MR) is 101 cm³/mol. The average Bonchev–Trinajstić information content (AvgIpc) is 3.34. The van der Waals surface area contributed by atoms with Crippen LogP contribution >= 0.6 is 0 Å². The van der Waals surface area contributed by atoms with Gasteiger partial charge in [-0.25, -0.2) is 9.59 Å². The topological polar surface area (TPSA) is 84.2 Å². The van der Waals surface area contributed by atoms with E-state index >= 15 is 0 Å². The normalized spacial score (nSPS) is 10.8. The van der Waals surface area contributed by atoms with Crippen LogP contribution in [0.1, 0.15) is 57.7 Å². The first-order chi connectivity index (χ1) is 13.1. The minimum Gasteiger partial charge on any atom is -0.461 e. The lowest BCUT2D eigenvalue weighted by atomic mass is 9.93. The Kier molecular flexibility index (Phi) is 5.76. The fraction of sp³-hybridized carbons (Fsp3) is 0.238. The maximum absolute atomic E-state index is 12.0. The van der Waals surface area contributed by atoms with Gasteiger partial charge in [0.1, 0.15) is 11.4 Å². The fourth-order valence-corrected chi connectivity index (χ4v) is 2.99. The van der Waals surface area contributed by atoms with E-state index in [1.807, 2.05) is 42.5 Å². The Balaban J connectivity index is 1.98. The third kappa shape index (κ3) is 4.11. The van der Waals surface area contributed by atoms with Crippen LogP contribution < -0.4 is 0 Å². The zero-order valence-corrected chi connectivity index (χ0v) is 15.3. The first kappa shape index (κ1) is 18.5. The van der Waals surface area contributed by atoms with Crippen LogP contribution in [-0.2, 0) is 9.47 Å². The molecule has 0 radical (unpaired) electrons. The summed E-state index contributed by atoms with van der Waals surface area (Å²) in [6, 6.07) is 17.0. The molecule has 6 nitrogen and oxygen atoms in total. The molecule has 2 aromatic heterocycles. The van der Waals surface area contributed by atoms with Crippen molar-refractivity contribution in [3.05, 3.63) is 82.9 Å². The maximum atomic E-state index is 12.0. The number of nitrogens with one attached hydrogen (secondary N) is 2. The van der Waals surface area contributed by atoms with Crippen LogP contribution in [-0.4, -0.2) is 35.1 Å². The number of H-pyrrole nitrogens is 2. The molecule has 0 saturated carbocycles. The second kappa shape index (κ2) is 8.40. The monoisotopic (exact) mass is 366 g/mol. The van der Waals surface area contributed by atoms with Crippen molar-refractivity contribution in [2.75, 3.05) is 13.2 Å². The molecule has 0 unspecified atom stereocenters. The number of benzene rings is 1. The first-order valence-electron chi connectivity index (χ1n) is 8.91. The summed E-state index contributed by atoms with van der Waals surface area (Å²) in [4.78, 5) is 30.3. The molecule has 27 heavy (non-hydrogen) atoms. The Morgan fingerprint density at radius 1 is 0.778 bits per heavy atom. The van der Waals surface area contributed by atoms with Crippen LogP contribution in [0, 0.1) is 0 Å². The molecule has 0 aliphatic rings. The van der Waals surface area contributed by atoms with Crippen LogP contribution in [0.2, 0.25) is 0 Å². The number of rotatable bonds is 7. The summed E-state index contributed by atoms with van der Waals surface area (Å²) in [5, 5.41) is 0. The van der Waals surface area contributed by atoms with Gasteiger partial charge in [0.05, 0.1) is 19.1 Å². The number of carbonyl (C=O) groups excluding carboxylic acids is 2. The van der Waals surface area contributed by atoms with E-state index in [0.717, 1.165) is 17.0 Å². The van der Waals surface area contributed by atoms with Gasteiger partial charge in [-0.3, -0.25) is 0 Å². The van der Waals surface area contributed by atoms with Crippen LogP contribution in [0.4, 0.5) is 0 Å². The van der Waals surface area contributed by atoms with Gasteiger partial charge >= 0.3 is 11.9 Å². The largest absolute Gasteiger partial charge is 0.461 e. The Morgan fingerprint density at radius 3 is 1.70 bits per heavy atom. The molecule has 2 N–H and O–H groups in total. The minimum atomic E-state index is -0.394. The Bertz CT molecular complexity index is 855. The van der Waals surface area contributed by atoms with Gasteiger partial charge in [0.25, 0.3) is 0 Å². The molecule has 3 aromatic rings. The Morgan fingerprint density at radius 2 is 1.26 bits per heavy atom. The molecule has 0 atom stereocenters. The molecule has 0 aliphatic heterocycles. The summed E-state index contributed by atoms with van der Waals surface area (Å²) in [6.07, 6.45) is 0. The van der Waals surface area contributed by atoms with E-state index < -0.39 is 11.9 Å². The minimum absolute atomic E-state index is 0.197. The third-order valence-electron chi connectivity index (χ3n) is 4.16. The highest BCUT2D eigenvalue weighted by molar-refractivity contribution is 5.88. The quantitative estimate of drug-likeness (QED) is 0.622. The lowest BCUT2D eigenvalue weighted by Gasteiger charge is -2.15. The highest BCUT2D eigenvalue weighted by Gasteiger charge is 2.22. The van der Waals surface area contributed by atoms with E-state index in [1.54, 1.807) is 26.0 Å². The van der Waals surface area contributed by atoms with Gasteiger partial charge in [-0.15, -0.1) is 0 Å². The van der Waals surface area contributed by atoms with E-state index in [2.05, 4.69) is 9.97 Å². The molecule has 0 saturated heterocycles. The van der Waals surface area contributed by atoms with Gasteiger partial charge in [0.15, 0.2) is 0 Å². The fourth-order valence-electron chi connectivity index (χ4n) is 2.99. The molecular formula is C21H22N2O4. The standard InChI is InChI=1S/C21H22N2O4/c1-3-26-20(24)17-12-10-15(22-17)19(14-8-6-5-7-9-14)16-11-13-18(23-16)21(25)27-4-2/h5-13,19,22-23H,3-4H2,1-2H3. The number of esters is 2. The number of hydrogen-bond acceptors (Lipinski definition) is 4. The van der Waals surface area contributed by atoms with Crippen LogP contribution in [0.3, 0.4) is 0 Å². The lowest BCUT2D eigenvalue weighted by molar-refractivity contribution is 0.0511. The molecule has 1 aromatic carbocycles. The van der Waals surface area contributed by atoms with E-state index in [-0.39, 0.29) is 5.92 Å². The molecule has 0 bridgehead atoms. The summed E-state index contributed by atoms with van der Waals surface area (Å²) < 4.78 is 10.1. The molecule has 3 rings (SSSR count). The van der Waals surface area contributed by atoms with Gasteiger partial charge in [0, 0.05) is 11.4 Å². The van der Waals surface area contributed by atoms with Gasteiger partial charge in [0.2, 0.25) is 0 Å². The van der Waals surface area contributed by atoms with Crippen molar-refractivity contribution < 1.29 is 19.1 Å². The molecule has 0 amide bonds. The lowest BCUT2D eigenvalue weighted by Crippen LogP contribution is -2.09. The van der Waals surface area contributed by atoms with Crippen molar-refractivity contribution in [1.29, 1.82) is 0 Å². The molecular weight excluding hydrogens is 344 g/mol. The third-order valence-corrected chi connectivity index (χ3v) is 4.16. The molecule has 0 spiro atoms. The molecule has 2 heterocycles. The van der Waals surface area contributed by atoms with Crippen molar-refractivity contribution in [1.82, 2.24) is 9.97 Å². The smallest absolute Gasteiger partial charge is 0.354 e. The van der Waals surface area contributed by atoms with Crippen LogP contribution in [0.5, 0.6) is 0 Å². The number of aromatic amines is 2. The number of hydrogen-bond donors (Lipinski definition) is 2. The van der Waals surface area contributed by atoms with Gasteiger partial charge in [-0.2, -0.15) is 0 Å². The van der Waals surface area contributed by atoms with Crippen LogP contribution in [0.25, 0.3) is 0 Å². The summed E-state index contributed by atoms with van der Waals surface area (Å²) in [5.74, 6) is -0.985. The SMILES string of the molecule is CCOC(=O)c1ccc(C(c2ccccc2)c2ccc(C(=O)OCC)[nH]2)[nH]1. The van der Waals surface area contributed by atoms with E-state index in [4.69, 9.17) is 9.47 Å². The van der Waals surface area contributed by atoms with Crippen molar-refractivity contribution in [3.63, 3.8) is 0 Å². The molecule has 0 fully saturated rings. The summed E-state index contributed by atoms with van der Waals surface area (Å²) in [6.45, 7) is 4.17. The Labute approximate surface area is 157 Å². The number of ether oxygens (including phenoxy) is 2. The molecule has 140 valence electrons. The number of aromatic nitrogens is 2. The second-order valence-corrected chi connectivity index (χ2v) is 5.94. The zero-order chi connectivity index (χ0) is 19.2. The van der Waals surface area contributed by atoms with Gasteiger partial charge in [-0.1, -0.05) is 30.3 Å². The average molecular weight is 366 g/mol. The molecule has 0 aliphatic carbocycles. The highest BCUT2D eigenvalue weighted by atomic mass is 16.5. The van der Waals surface area contributed by atoms with Crippen LogP contribution in [0.15, 0.2) is 54.6 Å².